The molecule has 1 aromatic carbocycles. The average molecular weight is 302 g/mol. The van der Waals surface area contributed by atoms with Crippen LogP contribution in [-0.2, 0) is 0 Å². The van der Waals surface area contributed by atoms with Crippen LogP contribution >= 0.6 is 11.8 Å². The summed E-state index contributed by atoms with van der Waals surface area (Å²) in [5.41, 5.74) is 2.31. The summed E-state index contributed by atoms with van der Waals surface area (Å²) in [5.74, 6) is -0.368. The van der Waals surface area contributed by atoms with E-state index in [2.05, 4.69) is 9.97 Å². The zero-order chi connectivity index (χ0) is 15.6. The van der Waals surface area contributed by atoms with Gasteiger partial charge in [-0.3, -0.25) is 0 Å². The van der Waals surface area contributed by atoms with Crippen molar-refractivity contribution in [1.29, 1.82) is 0 Å². The lowest BCUT2D eigenvalue weighted by atomic mass is 10.2. The molecule has 110 valence electrons. The van der Waals surface area contributed by atoms with Crippen LogP contribution in [0.4, 0.5) is 0 Å². The lowest BCUT2D eigenvalue weighted by Crippen LogP contribution is -2.08. The summed E-state index contributed by atoms with van der Waals surface area (Å²) < 4.78 is 0. The van der Waals surface area contributed by atoms with Crippen LogP contribution in [0.15, 0.2) is 34.2 Å². The molecule has 0 unspecified atom stereocenters. The number of aromatic carboxylic acids is 1. The summed E-state index contributed by atoms with van der Waals surface area (Å²) in [7, 11) is 0. The van der Waals surface area contributed by atoms with Gasteiger partial charge >= 0.3 is 5.97 Å². The van der Waals surface area contributed by atoms with E-state index in [1.54, 1.807) is 6.20 Å². The summed E-state index contributed by atoms with van der Waals surface area (Å²) in [6.45, 7) is 7.91. The quantitative estimate of drug-likeness (QED) is 0.922. The van der Waals surface area contributed by atoms with Gasteiger partial charge in [0.1, 0.15) is 5.82 Å². The number of aryl methyl sites for hydroxylation is 2. The Bertz CT molecular complexity index is 684. The largest absolute Gasteiger partial charge is 0.476 e. The van der Waals surface area contributed by atoms with E-state index in [-0.39, 0.29) is 11.6 Å². The van der Waals surface area contributed by atoms with Crippen molar-refractivity contribution in [3.8, 4) is 0 Å². The lowest BCUT2D eigenvalue weighted by Gasteiger charge is -2.10. The van der Waals surface area contributed by atoms with Crippen LogP contribution in [0.2, 0.25) is 0 Å². The highest BCUT2D eigenvalue weighted by molar-refractivity contribution is 7.99. The van der Waals surface area contributed by atoms with Crippen molar-refractivity contribution in [3.63, 3.8) is 0 Å². The standard InChI is InChI=1S/C16H18N2O2S/c1-9(2)15-17-8-13(14(18-15)16(19)20)21-12-7-10(3)5-6-11(12)4/h5-9H,1-4H3,(H,19,20). The molecule has 1 aromatic heterocycles. The number of rotatable bonds is 4. The molecule has 1 heterocycles. The van der Waals surface area contributed by atoms with Crippen molar-refractivity contribution in [2.24, 2.45) is 0 Å². The van der Waals surface area contributed by atoms with Crippen molar-refractivity contribution in [2.45, 2.75) is 43.4 Å². The number of carboxylic acid groups (broad SMARTS) is 1. The number of benzene rings is 1. The minimum Gasteiger partial charge on any atom is -0.476 e. The maximum atomic E-state index is 11.4. The number of carboxylic acids is 1. The Hall–Kier alpha value is -1.88. The van der Waals surface area contributed by atoms with Gasteiger partial charge in [0.05, 0.1) is 4.90 Å². The Kier molecular flexibility index (Phi) is 4.63. The fraction of sp³-hybridized carbons (Fsp3) is 0.312. The van der Waals surface area contributed by atoms with Gasteiger partial charge in [-0.2, -0.15) is 0 Å². The molecule has 0 bridgehead atoms. The third-order valence-corrected chi connectivity index (χ3v) is 4.23. The van der Waals surface area contributed by atoms with E-state index in [1.807, 2.05) is 45.9 Å². The van der Waals surface area contributed by atoms with E-state index in [0.717, 1.165) is 16.0 Å². The molecule has 0 saturated carbocycles. The molecule has 0 saturated heterocycles. The highest BCUT2D eigenvalue weighted by Gasteiger charge is 2.17. The molecule has 1 N–H and O–H groups in total. The minimum absolute atomic E-state index is 0.0691. The first-order chi connectivity index (χ1) is 9.88. The van der Waals surface area contributed by atoms with E-state index in [4.69, 9.17) is 0 Å². The van der Waals surface area contributed by atoms with Crippen LogP contribution in [0.1, 0.15) is 47.2 Å². The van der Waals surface area contributed by atoms with Gasteiger partial charge in [0.2, 0.25) is 0 Å². The number of hydrogen-bond donors (Lipinski definition) is 1. The second-order valence-corrected chi connectivity index (χ2v) is 6.36. The SMILES string of the molecule is Cc1ccc(C)c(Sc2cnc(C(C)C)nc2C(=O)O)c1. The number of carbonyl (C=O) groups is 1. The Labute approximate surface area is 128 Å². The molecule has 21 heavy (non-hydrogen) atoms. The van der Waals surface area contributed by atoms with Crippen LogP contribution < -0.4 is 0 Å². The molecule has 0 radical (unpaired) electrons. The Morgan fingerprint density at radius 2 is 1.95 bits per heavy atom. The maximum absolute atomic E-state index is 11.4. The fourth-order valence-corrected chi connectivity index (χ4v) is 2.87. The van der Waals surface area contributed by atoms with Crippen molar-refractivity contribution in [1.82, 2.24) is 9.97 Å². The molecule has 2 aromatic rings. The topological polar surface area (TPSA) is 63.1 Å². The first-order valence-electron chi connectivity index (χ1n) is 6.74. The van der Waals surface area contributed by atoms with Crippen molar-refractivity contribution < 1.29 is 9.90 Å². The van der Waals surface area contributed by atoms with Crippen molar-refractivity contribution in [3.05, 3.63) is 47.0 Å². The Morgan fingerprint density at radius 1 is 1.24 bits per heavy atom. The zero-order valence-corrected chi connectivity index (χ0v) is 13.4. The van der Waals surface area contributed by atoms with E-state index < -0.39 is 5.97 Å². The first kappa shape index (κ1) is 15.5. The number of hydrogen-bond acceptors (Lipinski definition) is 4. The zero-order valence-electron chi connectivity index (χ0n) is 12.5. The van der Waals surface area contributed by atoms with Gasteiger partial charge in [-0.1, -0.05) is 37.7 Å². The summed E-state index contributed by atoms with van der Waals surface area (Å²) in [6.07, 6.45) is 1.61. The van der Waals surface area contributed by atoms with Gasteiger partial charge in [-0.15, -0.1) is 0 Å². The van der Waals surface area contributed by atoms with E-state index in [1.165, 1.54) is 11.8 Å². The smallest absolute Gasteiger partial charge is 0.355 e. The molecule has 0 aliphatic heterocycles. The highest BCUT2D eigenvalue weighted by Crippen LogP contribution is 2.32. The predicted octanol–water partition coefficient (Wildman–Crippen LogP) is 4.07. The predicted molar refractivity (Wildman–Crippen MR) is 83.1 cm³/mol. The van der Waals surface area contributed by atoms with Crippen LogP contribution in [-0.4, -0.2) is 21.0 Å². The molecule has 5 heteroatoms. The molecule has 0 aliphatic carbocycles. The molecule has 0 atom stereocenters. The van der Waals surface area contributed by atoms with E-state index in [9.17, 15) is 9.90 Å². The van der Waals surface area contributed by atoms with Gasteiger partial charge in [-0.05, 0) is 31.0 Å². The van der Waals surface area contributed by atoms with Crippen molar-refractivity contribution in [2.75, 3.05) is 0 Å². The number of aromatic nitrogens is 2. The Morgan fingerprint density at radius 3 is 2.57 bits per heavy atom. The summed E-state index contributed by atoms with van der Waals surface area (Å²) >= 11 is 1.40. The van der Waals surface area contributed by atoms with Gasteiger partial charge < -0.3 is 5.11 Å². The van der Waals surface area contributed by atoms with Gasteiger partial charge in [-0.25, -0.2) is 14.8 Å². The first-order valence-corrected chi connectivity index (χ1v) is 7.55. The second kappa shape index (κ2) is 6.26. The normalized spacial score (nSPS) is 10.9. The van der Waals surface area contributed by atoms with Gasteiger partial charge in [0, 0.05) is 17.0 Å². The van der Waals surface area contributed by atoms with Crippen LogP contribution in [0.25, 0.3) is 0 Å². The maximum Gasteiger partial charge on any atom is 0.355 e. The fourth-order valence-electron chi connectivity index (χ4n) is 1.83. The van der Waals surface area contributed by atoms with Gasteiger partial charge in [0.25, 0.3) is 0 Å². The second-order valence-electron chi connectivity index (χ2n) is 5.27. The number of nitrogens with zero attached hydrogens (tertiary/aromatic N) is 2. The summed E-state index contributed by atoms with van der Waals surface area (Å²) in [5, 5.41) is 9.37. The summed E-state index contributed by atoms with van der Waals surface area (Å²) in [6, 6.07) is 6.11. The van der Waals surface area contributed by atoms with E-state index in [0.29, 0.717) is 10.7 Å². The molecule has 0 amide bonds. The van der Waals surface area contributed by atoms with Crippen LogP contribution in [0.5, 0.6) is 0 Å². The molecule has 2 rings (SSSR count). The lowest BCUT2D eigenvalue weighted by molar-refractivity contribution is 0.0685. The van der Waals surface area contributed by atoms with Gasteiger partial charge in [0.15, 0.2) is 5.69 Å². The third kappa shape index (κ3) is 3.61. The molecular formula is C16H18N2O2S. The molecular weight excluding hydrogens is 284 g/mol. The van der Waals surface area contributed by atoms with E-state index >= 15 is 0 Å². The minimum atomic E-state index is -1.02. The molecule has 0 aliphatic rings. The monoisotopic (exact) mass is 302 g/mol. The van der Waals surface area contributed by atoms with Crippen molar-refractivity contribution >= 4 is 17.7 Å². The van der Waals surface area contributed by atoms with Crippen LogP contribution in [0.3, 0.4) is 0 Å². The molecule has 0 spiro atoms. The molecule has 4 nitrogen and oxygen atoms in total. The Balaban J connectivity index is 2.44. The molecule has 0 fully saturated rings. The summed E-state index contributed by atoms with van der Waals surface area (Å²) in [4.78, 5) is 21.5. The third-order valence-electron chi connectivity index (χ3n) is 3.06. The highest BCUT2D eigenvalue weighted by atomic mass is 32.2. The van der Waals surface area contributed by atoms with Crippen LogP contribution in [0, 0.1) is 13.8 Å². The average Bonchev–Trinajstić information content (AvgIpc) is 2.42.